The SMILES string of the molecule is C=CCOC(=O)CC[C@H](NC(=O)OCC1c2ccccc2-c2ccccc21)C(=O)N[C@H](C(=O)N[C@@H](C)C(=O)Nc1ccc(COC(=O)O[C@]2(CC)C(=O)OCc3c2cc2n(c3=O)Cc3c-2nc2cc(F)c(OC)cc2c3COC(C)=O)c(C(=O)NCCOCCOCCOCCOCCOCCOCCOCCOC)c1)C(C)C. The number of nitrogens with one attached hydrogen (secondary N) is 5. The van der Waals surface area contributed by atoms with Gasteiger partial charge in [0.05, 0.1) is 135 Å². The summed E-state index contributed by atoms with van der Waals surface area (Å²) in [7, 11) is 2.90. The van der Waals surface area contributed by atoms with Gasteiger partial charge in [-0.05, 0) is 72.2 Å². The number of benzene rings is 4. The maximum atomic E-state index is 15.3. The van der Waals surface area contributed by atoms with Gasteiger partial charge in [0.25, 0.3) is 11.5 Å². The molecule has 614 valence electrons. The molecule has 2 aliphatic heterocycles. The van der Waals surface area contributed by atoms with Gasteiger partial charge in [0.1, 0.15) is 51.2 Å². The van der Waals surface area contributed by atoms with Gasteiger partial charge in [0.2, 0.25) is 23.3 Å². The number of methoxy groups -OCH3 is 2. The van der Waals surface area contributed by atoms with Crippen molar-refractivity contribution in [2.75, 3.05) is 138 Å². The number of anilines is 1. The average molecular weight is 1590 g/mol. The van der Waals surface area contributed by atoms with Crippen LogP contribution in [-0.4, -0.2) is 215 Å². The minimum Gasteiger partial charge on any atom is -0.494 e. The molecule has 0 saturated carbocycles. The second kappa shape index (κ2) is 43.5. The molecule has 0 fully saturated rings. The number of rotatable bonds is 47. The highest BCUT2D eigenvalue weighted by Crippen LogP contribution is 2.46. The van der Waals surface area contributed by atoms with E-state index in [1.165, 1.54) is 68.9 Å². The van der Waals surface area contributed by atoms with E-state index in [-0.39, 0.29) is 135 Å². The zero-order valence-corrected chi connectivity index (χ0v) is 64.9. The first-order chi connectivity index (χ1) is 55.1. The van der Waals surface area contributed by atoms with Gasteiger partial charge in [-0.3, -0.25) is 33.6 Å². The van der Waals surface area contributed by atoms with Crippen LogP contribution in [0.1, 0.15) is 109 Å². The summed E-state index contributed by atoms with van der Waals surface area (Å²) in [4.78, 5) is 143. The number of amides is 5. The topological polar surface area (TPSA) is 387 Å². The maximum Gasteiger partial charge on any atom is 0.510 e. The van der Waals surface area contributed by atoms with Crippen LogP contribution < -0.4 is 36.9 Å². The highest BCUT2D eigenvalue weighted by molar-refractivity contribution is 6.01. The molecule has 0 spiro atoms. The predicted molar refractivity (Wildman–Crippen MR) is 407 cm³/mol. The van der Waals surface area contributed by atoms with Gasteiger partial charge >= 0.3 is 30.2 Å². The number of pyridine rings is 2. The van der Waals surface area contributed by atoms with Gasteiger partial charge < -0.3 is 102 Å². The first-order valence-corrected chi connectivity index (χ1v) is 37.5. The summed E-state index contributed by atoms with van der Waals surface area (Å²) in [5, 5.41) is 13.7. The Morgan fingerprint density at radius 2 is 1.31 bits per heavy atom. The summed E-state index contributed by atoms with van der Waals surface area (Å²) in [6.45, 7) is 14.4. The van der Waals surface area contributed by atoms with Crippen molar-refractivity contribution in [2.24, 2.45) is 5.92 Å². The van der Waals surface area contributed by atoms with Gasteiger partial charge in [-0.2, -0.15) is 0 Å². The molecule has 32 nitrogen and oxygen atoms in total. The second-order valence-corrected chi connectivity index (χ2v) is 26.8. The van der Waals surface area contributed by atoms with Crippen molar-refractivity contribution < 1.29 is 119 Å². The van der Waals surface area contributed by atoms with Gasteiger partial charge in [-0.25, -0.2) is 23.8 Å². The summed E-state index contributed by atoms with van der Waals surface area (Å²) >= 11 is 0. The van der Waals surface area contributed by atoms with Crippen LogP contribution in [0.15, 0.2) is 102 Å². The molecule has 1 aliphatic carbocycles. The molecule has 5 N–H and O–H groups in total. The molecule has 6 aromatic rings. The Hall–Kier alpha value is -10.8. The zero-order valence-electron chi connectivity index (χ0n) is 64.9. The maximum absolute atomic E-state index is 15.3. The molecule has 4 atom stereocenters. The number of halogens is 1. The lowest BCUT2D eigenvalue weighted by Gasteiger charge is -2.35. The van der Waals surface area contributed by atoms with Crippen LogP contribution in [0.5, 0.6) is 5.75 Å². The molecule has 2 aromatic heterocycles. The lowest BCUT2D eigenvalue weighted by atomic mass is 9.85. The molecule has 5 amide bonds. The molecular weight excluding hydrogens is 1490 g/mol. The fourth-order valence-corrected chi connectivity index (χ4v) is 13.0. The molecule has 4 heterocycles. The third kappa shape index (κ3) is 23.2. The van der Waals surface area contributed by atoms with E-state index in [9.17, 15) is 47.9 Å². The van der Waals surface area contributed by atoms with Gasteiger partial charge in [0, 0.05) is 77.9 Å². The number of esters is 3. The van der Waals surface area contributed by atoms with Gasteiger partial charge in [-0.1, -0.05) is 88.0 Å². The van der Waals surface area contributed by atoms with Crippen molar-refractivity contribution >= 4 is 70.4 Å². The standard InChI is InChI=1S/C81H98FN7O25/c1-9-24-109-70(91)22-21-66(87-79(98)112-47-61-56-17-13-11-15-54(56)55-16-12-14-18-57(55)61)75(94)88-71(49(3)4)76(95)84-50(5)73(92)85-53-20-19-52(58(40-53)74(93)83-23-25-102-28-29-104-32-33-106-36-37-108-39-38-107-35-34-105-31-30-103-27-26-100-7)45-113-80(99)114-81(10-2)64-42-68-72-60(44-89(68)77(96)63(64)48-111-78(81)97)62(46-110-51(6)90)59-41-69(101-8)65(82)43-67(59)86-72/h9,11-20,40-43,49-50,61,66,71H,1,10,21-39,44-48H2,2-8H3,(H,83,93)(H,84,95)(H,85,92)(H,87,98)(H,88,94)/t50-,66-,71-,81-/m0/s1. The number of hydrogen-bond acceptors (Lipinski definition) is 26. The Morgan fingerprint density at radius 1 is 0.693 bits per heavy atom. The average Bonchev–Trinajstić information content (AvgIpc) is 1.50. The Kier molecular flexibility index (Phi) is 33.2. The highest BCUT2D eigenvalue weighted by Gasteiger charge is 2.51. The minimum atomic E-state index is -2.29. The number of carbonyl (C=O) groups excluding carboxylic acids is 9. The summed E-state index contributed by atoms with van der Waals surface area (Å²) < 4.78 is 99.0. The second-order valence-electron chi connectivity index (χ2n) is 26.8. The number of hydrogen-bond donors (Lipinski definition) is 5. The lowest BCUT2D eigenvalue weighted by Crippen LogP contribution is -2.57. The number of fused-ring (bicyclic) bond motifs is 8. The van der Waals surface area contributed by atoms with E-state index in [1.54, 1.807) is 21.0 Å². The van der Waals surface area contributed by atoms with E-state index in [2.05, 4.69) is 33.2 Å². The third-order valence-corrected chi connectivity index (χ3v) is 18.8. The number of aromatic nitrogens is 2. The van der Waals surface area contributed by atoms with Gasteiger partial charge in [0.15, 0.2) is 11.6 Å². The monoisotopic (exact) mass is 1590 g/mol. The van der Waals surface area contributed by atoms with Crippen LogP contribution >= 0.6 is 0 Å². The summed E-state index contributed by atoms with van der Waals surface area (Å²) in [6.07, 6.45) is -1.88. The number of ether oxygens (including phenoxy) is 15. The molecule has 3 aliphatic rings. The molecule has 0 bridgehead atoms. The first-order valence-electron chi connectivity index (χ1n) is 37.5. The highest BCUT2D eigenvalue weighted by atomic mass is 19.1. The van der Waals surface area contributed by atoms with E-state index in [1.807, 2.05) is 48.5 Å². The molecule has 4 aromatic carbocycles. The molecule has 0 saturated heterocycles. The zero-order chi connectivity index (χ0) is 81.7. The van der Waals surface area contributed by atoms with Crippen molar-refractivity contribution in [1.29, 1.82) is 0 Å². The van der Waals surface area contributed by atoms with Gasteiger partial charge in [-0.15, -0.1) is 0 Å². The summed E-state index contributed by atoms with van der Waals surface area (Å²) in [6, 6.07) is 19.5. The minimum absolute atomic E-state index is 0.0129. The fourth-order valence-electron chi connectivity index (χ4n) is 13.0. The summed E-state index contributed by atoms with van der Waals surface area (Å²) in [5.41, 5.74) is 2.24. The van der Waals surface area contributed by atoms with Crippen LogP contribution in [0, 0.1) is 11.7 Å². The molecule has 0 radical (unpaired) electrons. The quantitative estimate of drug-likeness (QED) is 0.0109. The van der Waals surface area contributed by atoms with Crippen molar-refractivity contribution in [3.8, 4) is 28.3 Å². The van der Waals surface area contributed by atoms with Crippen molar-refractivity contribution in [2.45, 2.75) is 110 Å². The van der Waals surface area contributed by atoms with Crippen LogP contribution in [0.4, 0.5) is 19.7 Å². The Balaban J connectivity index is 0.836. The molecule has 9 rings (SSSR count). The molecule has 33 heteroatoms. The Labute approximate surface area is 657 Å². The predicted octanol–water partition coefficient (Wildman–Crippen LogP) is 7.14. The number of nitrogens with zero attached hydrogens (tertiary/aromatic N) is 2. The molecule has 0 unspecified atom stereocenters. The van der Waals surface area contributed by atoms with E-state index < -0.39 is 108 Å². The third-order valence-electron chi connectivity index (χ3n) is 18.8. The van der Waals surface area contributed by atoms with E-state index in [4.69, 9.17) is 76.0 Å². The molecular formula is C81H98FN7O25. The van der Waals surface area contributed by atoms with Crippen molar-refractivity contribution in [3.63, 3.8) is 0 Å². The number of cyclic esters (lactones) is 1. The van der Waals surface area contributed by atoms with E-state index in [0.29, 0.717) is 89.2 Å². The van der Waals surface area contributed by atoms with Crippen LogP contribution in [0.3, 0.4) is 0 Å². The van der Waals surface area contributed by atoms with E-state index >= 15 is 4.39 Å². The fraction of sp³-hybridized carbons (Fsp3) is 0.469. The van der Waals surface area contributed by atoms with Crippen molar-refractivity contribution in [1.82, 2.24) is 30.8 Å². The van der Waals surface area contributed by atoms with Crippen LogP contribution in [0.2, 0.25) is 0 Å². The van der Waals surface area contributed by atoms with Crippen LogP contribution in [-0.2, 0) is 127 Å². The smallest absolute Gasteiger partial charge is 0.494 e. The Morgan fingerprint density at radius 3 is 1.89 bits per heavy atom. The largest absolute Gasteiger partial charge is 0.510 e. The Bertz CT molecular complexity index is 4410. The normalized spacial score (nSPS) is 14.5. The molecule has 114 heavy (non-hydrogen) atoms. The van der Waals surface area contributed by atoms with E-state index in [0.717, 1.165) is 28.3 Å². The first kappa shape index (κ1) is 87.2. The number of carbonyl (C=O) groups is 9. The summed E-state index contributed by atoms with van der Waals surface area (Å²) in [5.74, 6) is -7.26. The van der Waals surface area contributed by atoms with Crippen LogP contribution in [0.25, 0.3) is 33.4 Å². The van der Waals surface area contributed by atoms with Crippen molar-refractivity contribution in [3.05, 3.63) is 158 Å². The number of alkyl carbamates (subject to hydrolysis) is 1. The lowest BCUT2D eigenvalue weighted by molar-refractivity contribution is -0.175.